The third kappa shape index (κ3) is 4.22. The summed E-state index contributed by atoms with van der Waals surface area (Å²) in [6.07, 6.45) is 5.50. The lowest BCUT2D eigenvalue weighted by Gasteiger charge is -2.38. The number of carbonyl (C=O) groups is 2. The van der Waals surface area contributed by atoms with Gasteiger partial charge < -0.3 is 19.7 Å². The van der Waals surface area contributed by atoms with Crippen molar-refractivity contribution < 1.29 is 19.1 Å². The Labute approximate surface area is 154 Å². The van der Waals surface area contributed by atoms with Crippen LogP contribution in [0.5, 0.6) is 0 Å². The van der Waals surface area contributed by atoms with Crippen LogP contribution in [0.3, 0.4) is 0 Å². The molecule has 2 unspecified atom stereocenters. The summed E-state index contributed by atoms with van der Waals surface area (Å²) in [5.41, 5.74) is 0. The van der Waals surface area contributed by atoms with Crippen molar-refractivity contribution in [3.63, 3.8) is 0 Å². The second-order valence-corrected chi connectivity index (χ2v) is 7.83. The third-order valence-corrected chi connectivity index (χ3v) is 5.89. The topological polar surface area (TPSA) is 82.8 Å². The minimum atomic E-state index is -0.718. The fourth-order valence-corrected chi connectivity index (χ4v) is 4.16. The highest BCUT2D eigenvalue weighted by molar-refractivity contribution is 5.75. The van der Waals surface area contributed by atoms with Gasteiger partial charge in [0.2, 0.25) is 0 Å². The molecule has 0 radical (unpaired) electrons. The van der Waals surface area contributed by atoms with E-state index in [1.807, 2.05) is 17.0 Å². The number of amides is 2. The van der Waals surface area contributed by atoms with E-state index >= 15 is 0 Å². The van der Waals surface area contributed by atoms with Gasteiger partial charge in [-0.15, -0.1) is 0 Å². The van der Waals surface area contributed by atoms with Gasteiger partial charge in [0.15, 0.2) is 0 Å². The number of rotatable bonds is 4. The van der Waals surface area contributed by atoms with E-state index in [0.717, 1.165) is 50.2 Å². The highest BCUT2D eigenvalue weighted by Gasteiger charge is 2.35. The number of aliphatic carboxylic acids is 1. The molecule has 1 saturated heterocycles. The van der Waals surface area contributed by atoms with Gasteiger partial charge in [-0.05, 0) is 56.6 Å². The van der Waals surface area contributed by atoms with Gasteiger partial charge in [-0.2, -0.15) is 0 Å². The Balaban J connectivity index is 1.63. The van der Waals surface area contributed by atoms with Gasteiger partial charge in [0.05, 0.1) is 12.0 Å². The number of hydrogen-bond donors (Lipinski definition) is 2. The first kappa shape index (κ1) is 18.8. The zero-order valence-electron chi connectivity index (χ0n) is 15.7. The number of nitrogens with one attached hydrogen (secondary N) is 1. The van der Waals surface area contributed by atoms with E-state index in [4.69, 9.17) is 9.52 Å². The third-order valence-electron chi connectivity index (χ3n) is 5.89. The molecule has 6 nitrogen and oxygen atoms in total. The maximum absolute atomic E-state index is 12.9. The van der Waals surface area contributed by atoms with Crippen molar-refractivity contribution in [2.24, 2.45) is 11.8 Å². The Bertz CT molecular complexity index is 634. The smallest absolute Gasteiger partial charge is 0.318 e. The molecular formula is C20H30N2O4. The second kappa shape index (κ2) is 8.14. The summed E-state index contributed by atoms with van der Waals surface area (Å²) in [4.78, 5) is 25.9. The quantitative estimate of drug-likeness (QED) is 0.849. The van der Waals surface area contributed by atoms with Gasteiger partial charge in [-0.25, -0.2) is 4.79 Å². The zero-order chi connectivity index (χ0) is 18.7. The Kier molecular flexibility index (Phi) is 5.89. The average molecular weight is 362 g/mol. The summed E-state index contributed by atoms with van der Waals surface area (Å²) in [5, 5.41) is 12.2. The van der Waals surface area contributed by atoms with Gasteiger partial charge in [0.1, 0.15) is 11.5 Å². The van der Waals surface area contributed by atoms with Crippen LogP contribution in [0.1, 0.15) is 69.9 Å². The molecule has 1 saturated carbocycles. The number of urea groups is 1. The zero-order valence-corrected chi connectivity index (χ0v) is 15.7. The van der Waals surface area contributed by atoms with Crippen LogP contribution < -0.4 is 5.32 Å². The molecular weight excluding hydrogens is 332 g/mol. The number of aryl methyl sites for hydroxylation is 1. The molecule has 2 fully saturated rings. The molecule has 0 bridgehead atoms. The predicted molar refractivity (Wildman–Crippen MR) is 97.8 cm³/mol. The average Bonchev–Trinajstić information content (AvgIpc) is 3.11. The van der Waals surface area contributed by atoms with Crippen molar-refractivity contribution in [1.29, 1.82) is 0 Å². The van der Waals surface area contributed by atoms with Crippen molar-refractivity contribution in [2.45, 2.75) is 70.9 Å². The molecule has 2 atom stereocenters. The van der Waals surface area contributed by atoms with Crippen molar-refractivity contribution in [3.05, 3.63) is 23.7 Å². The fourth-order valence-electron chi connectivity index (χ4n) is 4.16. The molecule has 26 heavy (non-hydrogen) atoms. The number of carbonyl (C=O) groups excluding carboxylic acids is 1. The predicted octanol–water partition coefficient (Wildman–Crippen LogP) is 3.97. The van der Waals surface area contributed by atoms with Crippen LogP contribution in [0.4, 0.5) is 4.79 Å². The first-order chi connectivity index (χ1) is 12.5. The number of hydrogen-bond acceptors (Lipinski definition) is 3. The van der Waals surface area contributed by atoms with Crippen LogP contribution in [0.15, 0.2) is 16.5 Å². The molecule has 6 heteroatoms. The molecule has 0 spiro atoms. The molecule has 1 aromatic heterocycles. The number of nitrogens with zero attached hydrogens (tertiary/aromatic N) is 1. The Morgan fingerprint density at radius 2 is 1.96 bits per heavy atom. The normalized spacial score (nSPS) is 29.4. The second-order valence-electron chi connectivity index (χ2n) is 7.83. The van der Waals surface area contributed by atoms with Crippen LogP contribution in [-0.4, -0.2) is 34.6 Å². The van der Waals surface area contributed by atoms with Crippen LogP contribution in [0.2, 0.25) is 0 Å². The fraction of sp³-hybridized carbons (Fsp3) is 0.700. The van der Waals surface area contributed by atoms with Crippen molar-refractivity contribution >= 4 is 12.0 Å². The van der Waals surface area contributed by atoms with Gasteiger partial charge in [-0.3, -0.25) is 4.79 Å². The minimum Gasteiger partial charge on any atom is -0.481 e. The van der Waals surface area contributed by atoms with Crippen molar-refractivity contribution in [3.8, 4) is 0 Å². The van der Waals surface area contributed by atoms with Crippen molar-refractivity contribution in [2.75, 3.05) is 6.54 Å². The molecule has 2 N–H and O–H groups in total. The first-order valence-corrected chi connectivity index (χ1v) is 9.86. The molecule has 0 aromatic carbocycles. The summed E-state index contributed by atoms with van der Waals surface area (Å²) in [6.45, 7) is 5.01. The molecule has 2 amide bonds. The lowest BCUT2D eigenvalue weighted by Crippen LogP contribution is -2.49. The van der Waals surface area contributed by atoms with Crippen LogP contribution >= 0.6 is 0 Å². The van der Waals surface area contributed by atoms with E-state index in [9.17, 15) is 9.59 Å². The molecule has 1 aliphatic heterocycles. The summed E-state index contributed by atoms with van der Waals surface area (Å²) in [7, 11) is 0. The van der Waals surface area contributed by atoms with Gasteiger partial charge in [0, 0.05) is 19.0 Å². The number of likely N-dealkylation sites (tertiary alicyclic amines) is 1. The molecule has 2 aliphatic rings. The Hall–Kier alpha value is -1.98. The van der Waals surface area contributed by atoms with E-state index < -0.39 is 5.97 Å². The van der Waals surface area contributed by atoms with Crippen LogP contribution in [-0.2, 0) is 11.2 Å². The summed E-state index contributed by atoms with van der Waals surface area (Å²) < 4.78 is 5.94. The molecule has 144 valence electrons. The summed E-state index contributed by atoms with van der Waals surface area (Å²) in [5.74, 6) is 1.40. The first-order valence-electron chi connectivity index (χ1n) is 9.86. The summed E-state index contributed by atoms with van der Waals surface area (Å²) in [6, 6.07) is 4.00. The van der Waals surface area contributed by atoms with Crippen molar-refractivity contribution in [1.82, 2.24) is 10.2 Å². The lowest BCUT2D eigenvalue weighted by molar-refractivity contribution is -0.142. The SMILES string of the molecule is CCc1ccc(C2CC(C)CCN2C(=O)NC2CCC(C(=O)O)CC2)o1. The Morgan fingerprint density at radius 1 is 1.23 bits per heavy atom. The number of furan rings is 1. The number of carboxylic acids is 1. The molecule has 3 rings (SSSR count). The Morgan fingerprint density at radius 3 is 2.58 bits per heavy atom. The van der Waals surface area contributed by atoms with Crippen LogP contribution in [0.25, 0.3) is 0 Å². The van der Waals surface area contributed by atoms with E-state index in [1.54, 1.807) is 0 Å². The molecule has 2 heterocycles. The highest BCUT2D eigenvalue weighted by atomic mass is 16.4. The van der Waals surface area contributed by atoms with E-state index in [-0.39, 0.29) is 24.0 Å². The summed E-state index contributed by atoms with van der Waals surface area (Å²) >= 11 is 0. The lowest BCUT2D eigenvalue weighted by atomic mass is 9.86. The van der Waals surface area contributed by atoms with Crippen LogP contribution in [0, 0.1) is 11.8 Å². The van der Waals surface area contributed by atoms with Gasteiger partial charge >= 0.3 is 12.0 Å². The standard InChI is InChI=1S/C20H30N2O4/c1-3-16-8-9-18(26-16)17-12-13(2)10-11-22(17)20(25)21-15-6-4-14(5-7-15)19(23)24/h8-9,13-15,17H,3-7,10-12H2,1-2H3,(H,21,25)(H,23,24). The highest BCUT2D eigenvalue weighted by Crippen LogP contribution is 2.35. The van der Waals surface area contributed by atoms with E-state index in [2.05, 4.69) is 19.2 Å². The largest absolute Gasteiger partial charge is 0.481 e. The molecule has 1 aromatic rings. The minimum absolute atomic E-state index is 0.0191. The number of carboxylic acid groups (broad SMARTS) is 1. The molecule has 1 aliphatic carbocycles. The monoisotopic (exact) mass is 362 g/mol. The maximum atomic E-state index is 12.9. The maximum Gasteiger partial charge on any atom is 0.318 e. The number of piperidine rings is 1. The van der Waals surface area contributed by atoms with Gasteiger partial charge in [-0.1, -0.05) is 13.8 Å². The van der Waals surface area contributed by atoms with E-state index in [0.29, 0.717) is 18.8 Å². The van der Waals surface area contributed by atoms with Gasteiger partial charge in [0.25, 0.3) is 0 Å². The van der Waals surface area contributed by atoms with E-state index in [1.165, 1.54) is 0 Å².